The van der Waals surface area contributed by atoms with Crippen LogP contribution >= 0.6 is 22.6 Å². The Labute approximate surface area is 138 Å². The van der Waals surface area contributed by atoms with Crippen LogP contribution in [0, 0.1) is 10.5 Å². The fraction of sp³-hybridized carbons (Fsp3) is 0.250. The average Bonchev–Trinajstić information content (AvgIpc) is 2.51. The van der Waals surface area contributed by atoms with Crippen LogP contribution in [0.15, 0.2) is 36.4 Å². The molecule has 0 bridgehead atoms. The second kappa shape index (κ2) is 7.11. The third kappa shape index (κ3) is 3.48. The Morgan fingerprint density at radius 2 is 1.71 bits per heavy atom. The van der Waals surface area contributed by atoms with Crippen molar-refractivity contribution >= 4 is 22.6 Å². The number of hydrazine groups is 1. The average molecular weight is 398 g/mol. The van der Waals surface area contributed by atoms with Gasteiger partial charge in [0.25, 0.3) is 0 Å². The Kier molecular flexibility index (Phi) is 5.44. The molecule has 2 aromatic rings. The number of benzene rings is 2. The zero-order valence-electron chi connectivity index (χ0n) is 12.3. The minimum Gasteiger partial charge on any atom is -0.497 e. The molecule has 0 aliphatic rings. The largest absolute Gasteiger partial charge is 0.497 e. The summed E-state index contributed by atoms with van der Waals surface area (Å²) in [5, 5.41) is 0. The minimum atomic E-state index is -0.124. The maximum Gasteiger partial charge on any atom is 0.122 e. The fourth-order valence-electron chi connectivity index (χ4n) is 2.25. The number of nitrogens with two attached hydrogens (primary N) is 1. The van der Waals surface area contributed by atoms with E-state index in [0.717, 1.165) is 22.6 Å². The van der Waals surface area contributed by atoms with Crippen molar-refractivity contribution < 1.29 is 9.47 Å². The van der Waals surface area contributed by atoms with Gasteiger partial charge in [0.1, 0.15) is 11.5 Å². The molecule has 3 N–H and O–H groups in total. The molecule has 0 saturated heterocycles. The lowest BCUT2D eigenvalue weighted by molar-refractivity contribution is 0.392. The fourth-order valence-corrected chi connectivity index (χ4v) is 2.93. The van der Waals surface area contributed by atoms with Crippen LogP contribution in [-0.4, -0.2) is 14.2 Å². The van der Waals surface area contributed by atoms with Crippen LogP contribution in [0.2, 0.25) is 0 Å². The molecule has 0 aliphatic heterocycles. The normalized spacial score (nSPS) is 12.0. The standard InChI is InChI=1S/C16H19IN2O2/c1-10-5-4-6-14(15(10)17)16(19-18)11-7-12(20-2)9-13(8-11)21-3/h4-9,16,19H,18H2,1-3H3. The number of aryl methyl sites for hydroxylation is 1. The Morgan fingerprint density at radius 3 is 2.24 bits per heavy atom. The quantitative estimate of drug-likeness (QED) is 0.462. The molecule has 0 aromatic heterocycles. The molecule has 112 valence electrons. The summed E-state index contributed by atoms with van der Waals surface area (Å²) in [4.78, 5) is 0. The smallest absolute Gasteiger partial charge is 0.122 e. The van der Waals surface area contributed by atoms with Gasteiger partial charge in [-0.1, -0.05) is 18.2 Å². The lowest BCUT2D eigenvalue weighted by atomic mass is 9.97. The van der Waals surface area contributed by atoms with Crippen molar-refractivity contribution in [1.82, 2.24) is 5.43 Å². The van der Waals surface area contributed by atoms with E-state index < -0.39 is 0 Å². The minimum absolute atomic E-state index is 0.124. The Morgan fingerprint density at radius 1 is 1.10 bits per heavy atom. The highest BCUT2D eigenvalue weighted by molar-refractivity contribution is 14.1. The molecule has 0 saturated carbocycles. The van der Waals surface area contributed by atoms with Gasteiger partial charge in [-0.2, -0.15) is 0 Å². The van der Waals surface area contributed by atoms with Gasteiger partial charge in [-0.3, -0.25) is 5.84 Å². The number of hydrogen-bond donors (Lipinski definition) is 2. The monoisotopic (exact) mass is 398 g/mol. The number of ether oxygens (including phenoxy) is 2. The molecule has 1 atom stereocenters. The van der Waals surface area contributed by atoms with Crippen molar-refractivity contribution in [2.24, 2.45) is 5.84 Å². The van der Waals surface area contributed by atoms with Crippen molar-refractivity contribution in [3.8, 4) is 11.5 Å². The van der Waals surface area contributed by atoms with E-state index in [2.05, 4.69) is 47.1 Å². The molecule has 5 heteroatoms. The van der Waals surface area contributed by atoms with Crippen LogP contribution in [-0.2, 0) is 0 Å². The lowest BCUT2D eigenvalue weighted by Crippen LogP contribution is -2.29. The predicted molar refractivity (Wildman–Crippen MR) is 92.6 cm³/mol. The highest BCUT2D eigenvalue weighted by Gasteiger charge is 2.18. The molecule has 2 rings (SSSR count). The van der Waals surface area contributed by atoms with Gasteiger partial charge in [-0.05, 0) is 58.3 Å². The zero-order chi connectivity index (χ0) is 15.4. The van der Waals surface area contributed by atoms with Crippen molar-refractivity contribution in [1.29, 1.82) is 0 Å². The van der Waals surface area contributed by atoms with E-state index in [1.54, 1.807) is 14.2 Å². The van der Waals surface area contributed by atoms with Crippen molar-refractivity contribution in [2.75, 3.05) is 14.2 Å². The second-order valence-corrected chi connectivity index (χ2v) is 5.80. The lowest BCUT2D eigenvalue weighted by Gasteiger charge is -2.20. The summed E-state index contributed by atoms with van der Waals surface area (Å²) in [7, 11) is 3.28. The van der Waals surface area contributed by atoms with Crippen molar-refractivity contribution in [3.05, 3.63) is 56.7 Å². The summed E-state index contributed by atoms with van der Waals surface area (Å²) in [5.74, 6) is 7.29. The van der Waals surface area contributed by atoms with E-state index in [1.165, 1.54) is 9.13 Å². The van der Waals surface area contributed by atoms with Crippen LogP contribution in [0.4, 0.5) is 0 Å². The Hall–Kier alpha value is -1.31. The predicted octanol–water partition coefficient (Wildman–Crippen LogP) is 3.17. The van der Waals surface area contributed by atoms with Gasteiger partial charge in [0, 0.05) is 9.64 Å². The number of halogens is 1. The molecule has 2 aromatic carbocycles. The topological polar surface area (TPSA) is 56.5 Å². The van der Waals surface area contributed by atoms with Crippen LogP contribution < -0.4 is 20.7 Å². The molecular formula is C16H19IN2O2. The number of methoxy groups -OCH3 is 2. The first-order valence-corrected chi connectivity index (χ1v) is 7.62. The van der Waals surface area contributed by atoms with E-state index in [4.69, 9.17) is 15.3 Å². The maximum absolute atomic E-state index is 5.80. The summed E-state index contributed by atoms with van der Waals surface area (Å²) in [6, 6.07) is 11.8. The first-order chi connectivity index (χ1) is 10.1. The molecule has 1 unspecified atom stereocenters. The third-order valence-electron chi connectivity index (χ3n) is 3.41. The number of nitrogens with one attached hydrogen (secondary N) is 1. The second-order valence-electron chi connectivity index (χ2n) is 4.72. The van der Waals surface area contributed by atoms with E-state index in [0.29, 0.717) is 0 Å². The van der Waals surface area contributed by atoms with E-state index >= 15 is 0 Å². The first kappa shape index (κ1) is 16.1. The van der Waals surface area contributed by atoms with Gasteiger partial charge in [0.15, 0.2) is 0 Å². The summed E-state index contributed by atoms with van der Waals surface area (Å²) < 4.78 is 11.9. The van der Waals surface area contributed by atoms with E-state index in [-0.39, 0.29) is 6.04 Å². The van der Waals surface area contributed by atoms with Gasteiger partial charge < -0.3 is 9.47 Å². The zero-order valence-corrected chi connectivity index (χ0v) is 14.5. The van der Waals surface area contributed by atoms with Gasteiger partial charge in [-0.25, -0.2) is 5.43 Å². The first-order valence-electron chi connectivity index (χ1n) is 6.54. The summed E-state index contributed by atoms with van der Waals surface area (Å²) in [5.41, 5.74) is 6.24. The maximum atomic E-state index is 5.80. The molecule has 0 heterocycles. The summed E-state index contributed by atoms with van der Waals surface area (Å²) in [6.07, 6.45) is 0. The number of rotatable bonds is 5. The molecule has 0 radical (unpaired) electrons. The van der Waals surface area contributed by atoms with Gasteiger partial charge in [0.2, 0.25) is 0 Å². The molecule has 21 heavy (non-hydrogen) atoms. The van der Waals surface area contributed by atoms with Crippen LogP contribution in [0.5, 0.6) is 11.5 Å². The highest BCUT2D eigenvalue weighted by atomic mass is 127. The van der Waals surface area contributed by atoms with Gasteiger partial charge >= 0.3 is 0 Å². The molecule has 0 fully saturated rings. The molecular weight excluding hydrogens is 379 g/mol. The van der Waals surface area contributed by atoms with Crippen LogP contribution in [0.3, 0.4) is 0 Å². The molecule has 0 spiro atoms. The molecule has 4 nitrogen and oxygen atoms in total. The van der Waals surface area contributed by atoms with E-state index in [9.17, 15) is 0 Å². The SMILES string of the molecule is COc1cc(OC)cc(C(NN)c2cccc(C)c2I)c1. The summed E-state index contributed by atoms with van der Waals surface area (Å²) in [6.45, 7) is 2.09. The van der Waals surface area contributed by atoms with Gasteiger partial charge in [0.05, 0.1) is 20.3 Å². The number of hydrogen-bond acceptors (Lipinski definition) is 4. The van der Waals surface area contributed by atoms with E-state index in [1.807, 2.05) is 24.3 Å². The Bertz CT molecular complexity index is 609. The van der Waals surface area contributed by atoms with Crippen molar-refractivity contribution in [2.45, 2.75) is 13.0 Å². The molecule has 0 aliphatic carbocycles. The highest BCUT2D eigenvalue weighted by Crippen LogP contribution is 2.32. The van der Waals surface area contributed by atoms with Gasteiger partial charge in [-0.15, -0.1) is 0 Å². The third-order valence-corrected chi connectivity index (χ3v) is 4.88. The summed E-state index contributed by atoms with van der Waals surface area (Å²) >= 11 is 2.35. The van der Waals surface area contributed by atoms with Crippen LogP contribution in [0.25, 0.3) is 0 Å². The van der Waals surface area contributed by atoms with Crippen LogP contribution in [0.1, 0.15) is 22.7 Å². The Balaban J connectivity index is 2.53. The van der Waals surface area contributed by atoms with Crippen molar-refractivity contribution in [3.63, 3.8) is 0 Å². The molecule has 0 amide bonds.